The third-order valence-electron chi connectivity index (χ3n) is 1.77. The van der Waals surface area contributed by atoms with Gasteiger partial charge in [-0.05, 0) is 31.2 Å². The lowest BCUT2D eigenvalue weighted by Gasteiger charge is -2.14. The molecule has 3 heteroatoms. The molecule has 0 saturated carbocycles. The van der Waals surface area contributed by atoms with Gasteiger partial charge in [-0.1, -0.05) is 19.0 Å². The van der Waals surface area contributed by atoms with Gasteiger partial charge in [-0.25, -0.2) is 0 Å². The zero-order chi connectivity index (χ0) is 8.69. The van der Waals surface area contributed by atoms with Crippen molar-refractivity contribution in [2.24, 2.45) is 22.7 Å². The van der Waals surface area contributed by atoms with Crippen LogP contribution in [0.5, 0.6) is 0 Å². The van der Waals surface area contributed by atoms with E-state index in [2.05, 4.69) is 19.0 Å². The first-order valence-electron chi connectivity index (χ1n) is 4.19. The van der Waals surface area contributed by atoms with E-state index in [4.69, 9.17) is 5.73 Å². The molecule has 66 valence electrons. The second-order valence-corrected chi connectivity index (χ2v) is 3.37. The van der Waals surface area contributed by atoms with Gasteiger partial charge >= 0.3 is 0 Å². The van der Waals surface area contributed by atoms with E-state index in [1.54, 1.807) is 0 Å². The minimum Gasteiger partial charge on any atom is -0.330 e. The molecule has 0 unspecified atom stereocenters. The molecule has 0 aromatic heterocycles. The fourth-order valence-electron chi connectivity index (χ4n) is 1.23. The quantitative estimate of drug-likeness (QED) is 0.599. The van der Waals surface area contributed by atoms with Gasteiger partial charge in [0.25, 0.3) is 0 Å². The van der Waals surface area contributed by atoms with E-state index in [-0.39, 0.29) is 0 Å². The maximum atomic E-state index is 9.82. The Morgan fingerprint density at radius 1 is 1.45 bits per heavy atom. The van der Waals surface area contributed by atoms with E-state index in [0.29, 0.717) is 24.9 Å². The number of nitroso groups, excluding NO2 is 1. The Morgan fingerprint density at radius 3 is 2.45 bits per heavy atom. The summed E-state index contributed by atoms with van der Waals surface area (Å²) in [6.07, 6.45) is 1.95. The number of hydrogen-bond acceptors (Lipinski definition) is 3. The highest BCUT2D eigenvalue weighted by molar-refractivity contribution is 4.63. The summed E-state index contributed by atoms with van der Waals surface area (Å²) >= 11 is 0. The molecule has 3 nitrogen and oxygen atoms in total. The normalized spacial score (nSPS) is 13.5. The van der Waals surface area contributed by atoms with E-state index in [1.165, 1.54) is 0 Å². The van der Waals surface area contributed by atoms with Crippen molar-refractivity contribution >= 4 is 0 Å². The third-order valence-corrected chi connectivity index (χ3v) is 1.77. The van der Waals surface area contributed by atoms with Crippen LogP contribution in [-0.2, 0) is 0 Å². The standard InChI is InChI=1S/C8H18N2O/c1-7(2)5-8(6-9)3-4-10-11/h7-8H,3-6,9H2,1-2H3/t8-/m1/s1. The van der Waals surface area contributed by atoms with Crippen LogP contribution in [0.15, 0.2) is 5.18 Å². The topological polar surface area (TPSA) is 55.4 Å². The molecule has 0 aliphatic carbocycles. The van der Waals surface area contributed by atoms with Gasteiger partial charge in [0.2, 0.25) is 0 Å². The van der Waals surface area contributed by atoms with Crippen molar-refractivity contribution in [1.29, 1.82) is 0 Å². The summed E-state index contributed by atoms with van der Waals surface area (Å²) in [7, 11) is 0. The van der Waals surface area contributed by atoms with Crippen LogP contribution in [0.1, 0.15) is 26.7 Å². The molecule has 0 amide bonds. The summed E-state index contributed by atoms with van der Waals surface area (Å²) in [5, 5.41) is 2.83. The van der Waals surface area contributed by atoms with Crippen LogP contribution >= 0.6 is 0 Å². The zero-order valence-electron chi connectivity index (χ0n) is 7.42. The Morgan fingerprint density at radius 2 is 2.09 bits per heavy atom. The average Bonchev–Trinajstić information content (AvgIpc) is 1.97. The second-order valence-electron chi connectivity index (χ2n) is 3.37. The Hall–Kier alpha value is -0.440. The molecule has 0 spiro atoms. The van der Waals surface area contributed by atoms with Gasteiger partial charge in [0.1, 0.15) is 0 Å². The summed E-state index contributed by atoms with van der Waals surface area (Å²) in [6.45, 7) is 5.41. The lowest BCUT2D eigenvalue weighted by Crippen LogP contribution is -2.17. The highest BCUT2D eigenvalue weighted by atomic mass is 16.3. The Kier molecular flexibility index (Phi) is 6.03. The van der Waals surface area contributed by atoms with Crippen molar-refractivity contribution in [2.45, 2.75) is 26.7 Å². The average molecular weight is 158 g/mol. The summed E-state index contributed by atoms with van der Waals surface area (Å²) in [4.78, 5) is 9.82. The third kappa shape index (κ3) is 5.98. The molecular weight excluding hydrogens is 140 g/mol. The van der Waals surface area contributed by atoms with Gasteiger partial charge in [-0.3, -0.25) is 0 Å². The largest absolute Gasteiger partial charge is 0.330 e. The van der Waals surface area contributed by atoms with E-state index in [9.17, 15) is 4.91 Å². The maximum absolute atomic E-state index is 9.82. The molecule has 1 atom stereocenters. The Bertz CT molecular complexity index is 104. The van der Waals surface area contributed by atoms with Crippen molar-refractivity contribution in [2.75, 3.05) is 13.1 Å². The maximum Gasteiger partial charge on any atom is 0.0814 e. The summed E-state index contributed by atoms with van der Waals surface area (Å²) in [6, 6.07) is 0. The molecule has 0 fully saturated rings. The molecule has 0 saturated heterocycles. The van der Waals surface area contributed by atoms with Gasteiger partial charge in [-0.2, -0.15) is 4.91 Å². The van der Waals surface area contributed by atoms with Crippen LogP contribution in [0.2, 0.25) is 0 Å². The number of nitrogens with zero attached hydrogens (tertiary/aromatic N) is 1. The van der Waals surface area contributed by atoms with Crippen molar-refractivity contribution < 1.29 is 0 Å². The number of nitrogens with two attached hydrogens (primary N) is 1. The lowest BCUT2D eigenvalue weighted by molar-refractivity contribution is 0.398. The van der Waals surface area contributed by atoms with Crippen LogP contribution in [0.25, 0.3) is 0 Å². The molecule has 0 aromatic rings. The molecule has 0 radical (unpaired) electrons. The minimum absolute atomic E-state index is 0.411. The van der Waals surface area contributed by atoms with Crippen LogP contribution in [0, 0.1) is 16.7 Å². The highest BCUT2D eigenvalue weighted by Crippen LogP contribution is 2.13. The first kappa shape index (κ1) is 10.6. The molecule has 2 N–H and O–H groups in total. The van der Waals surface area contributed by atoms with Gasteiger partial charge in [0, 0.05) is 0 Å². The van der Waals surface area contributed by atoms with Gasteiger partial charge in [0.15, 0.2) is 0 Å². The van der Waals surface area contributed by atoms with Crippen LogP contribution in [0.3, 0.4) is 0 Å². The van der Waals surface area contributed by atoms with Gasteiger partial charge < -0.3 is 5.73 Å². The van der Waals surface area contributed by atoms with Crippen molar-refractivity contribution in [3.8, 4) is 0 Å². The van der Waals surface area contributed by atoms with Crippen LogP contribution in [-0.4, -0.2) is 13.1 Å². The van der Waals surface area contributed by atoms with Crippen molar-refractivity contribution in [3.05, 3.63) is 4.91 Å². The molecule has 0 aliphatic rings. The molecule has 0 rings (SSSR count). The van der Waals surface area contributed by atoms with Crippen molar-refractivity contribution in [1.82, 2.24) is 0 Å². The first-order valence-corrected chi connectivity index (χ1v) is 4.19. The van der Waals surface area contributed by atoms with Crippen molar-refractivity contribution in [3.63, 3.8) is 0 Å². The smallest absolute Gasteiger partial charge is 0.0814 e. The van der Waals surface area contributed by atoms with E-state index < -0.39 is 0 Å². The highest BCUT2D eigenvalue weighted by Gasteiger charge is 2.08. The molecular formula is C8H18N2O. The molecule has 11 heavy (non-hydrogen) atoms. The summed E-state index contributed by atoms with van der Waals surface area (Å²) < 4.78 is 0. The van der Waals surface area contributed by atoms with Gasteiger partial charge in [0.05, 0.1) is 6.54 Å². The monoisotopic (exact) mass is 158 g/mol. The Labute approximate surface area is 68.3 Å². The second kappa shape index (κ2) is 6.28. The molecule has 0 heterocycles. The van der Waals surface area contributed by atoms with E-state index in [1.807, 2.05) is 0 Å². The van der Waals surface area contributed by atoms with E-state index in [0.717, 1.165) is 12.8 Å². The molecule has 0 aromatic carbocycles. The van der Waals surface area contributed by atoms with Crippen LogP contribution in [0.4, 0.5) is 0 Å². The molecule has 0 bridgehead atoms. The Balaban J connectivity index is 3.48. The summed E-state index contributed by atoms with van der Waals surface area (Å²) in [5.74, 6) is 1.14. The zero-order valence-corrected chi connectivity index (χ0v) is 7.42. The molecule has 0 aliphatic heterocycles. The van der Waals surface area contributed by atoms with E-state index >= 15 is 0 Å². The first-order chi connectivity index (χ1) is 5.20. The predicted octanol–water partition coefficient (Wildman–Crippen LogP) is 1.76. The fraction of sp³-hybridized carbons (Fsp3) is 1.00. The number of hydrogen-bond donors (Lipinski definition) is 1. The lowest BCUT2D eigenvalue weighted by atomic mass is 9.94. The van der Waals surface area contributed by atoms with Gasteiger partial charge in [-0.15, -0.1) is 0 Å². The number of rotatable bonds is 6. The summed E-state index contributed by atoms with van der Waals surface area (Å²) in [5.41, 5.74) is 5.52. The predicted molar refractivity (Wildman–Crippen MR) is 47.3 cm³/mol. The van der Waals surface area contributed by atoms with Crippen LogP contribution < -0.4 is 5.73 Å². The fourth-order valence-corrected chi connectivity index (χ4v) is 1.23. The SMILES string of the molecule is CC(C)C[C@H](CN)CCN=O. The minimum atomic E-state index is 0.411.